The van der Waals surface area contributed by atoms with Gasteiger partial charge in [0.25, 0.3) is 0 Å². The number of H-pyrrole nitrogens is 1. The molecule has 124 valence electrons. The number of benzene rings is 1. The van der Waals surface area contributed by atoms with Crippen LogP contribution in [0.5, 0.6) is 0 Å². The van der Waals surface area contributed by atoms with Gasteiger partial charge in [0.05, 0.1) is 5.41 Å². The first-order valence-electron chi connectivity index (χ1n) is 7.79. The van der Waals surface area contributed by atoms with Crippen LogP contribution in [0.1, 0.15) is 24.8 Å². The molecule has 2 heterocycles. The number of halogens is 2. The van der Waals surface area contributed by atoms with Gasteiger partial charge in [-0.15, -0.1) is 0 Å². The summed E-state index contributed by atoms with van der Waals surface area (Å²) >= 11 is 0. The molecule has 0 atom stereocenters. The molecule has 2 aromatic rings. The Bertz CT molecular complexity index is 691. The number of nitrogens with zero attached hydrogens (tertiary/aromatic N) is 1. The number of likely N-dealkylation sites (tertiary alicyclic amines) is 1. The van der Waals surface area contributed by atoms with Crippen LogP contribution in [-0.4, -0.2) is 40.5 Å². The fourth-order valence-electron chi connectivity index (χ4n) is 3.46. The number of hydrogen-bond donors (Lipinski definition) is 2. The molecule has 0 saturated carbocycles. The molecule has 0 spiro atoms. The van der Waals surface area contributed by atoms with E-state index in [1.54, 1.807) is 0 Å². The summed E-state index contributed by atoms with van der Waals surface area (Å²) in [5, 5.41) is 10.5. The number of carboxylic acid groups (broad SMARTS) is 1. The molecule has 1 aromatic carbocycles. The summed E-state index contributed by atoms with van der Waals surface area (Å²) in [6.07, 6.45) is -0.698. The van der Waals surface area contributed by atoms with Gasteiger partial charge in [0.15, 0.2) is 0 Å². The van der Waals surface area contributed by atoms with Crippen molar-refractivity contribution < 1.29 is 18.7 Å². The van der Waals surface area contributed by atoms with Crippen LogP contribution in [-0.2, 0) is 11.3 Å². The van der Waals surface area contributed by atoms with Gasteiger partial charge in [0.1, 0.15) is 0 Å². The quantitative estimate of drug-likeness (QED) is 0.886. The molecule has 2 N–H and O–H groups in total. The number of aromatic nitrogens is 1. The Balaban J connectivity index is 1.69. The second-order valence-electron chi connectivity index (χ2n) is 6.32. The van der Waals surface area contributed by atoms with E-state index in [0.29, 0.717) is 19.6 Å². The van der Waals surface area contributed by atoms with Crippen molar-refractivity contribution in [2.75, 3.05) is 13.1 Å². The summed E-state index contributed by atoms with van der Waals surface area (Å²) in [6.45, 7) is 1.74. The molecule has 1 aliphatic rings. The third kappa shape index (κ3) is 3.22. The smallest absolute Gasteiger partial charge is 0.309 e. The van der Waals surface area contributed by atoms with E-state index >= 15 is 0 Å². The Morgan fingerprint density at radius 2 is 2.04 bits per heavy atom. The van der Waals surface area contributed by atoms with Crippen LogP contribution in [0.25, 0.3) is 10.9 Å². The van der Waals surface area contributed by atoms with Crippen molar-refractivity contribution >= 4 is 16.9 Å². The number of aromatic amines is 1. The van der Waals surface area contributed by atoms with Gasteiger partial charge in [-0.3, -0.25) is 9.69 Å². The topological polar surface area (TPSA) is 56.3 Å². The second-order valence-corrected chi connectivity index (χ2v) is 6.32. The van der Waals surface area contributed by atoms with Crippen LogP contribution in [0.4, 0.5) is 8.78 Å². The summed E-state index contributed by atoms with van der Waals surface area (Å²) in [5.74, 6) is -1.09. The van der Waals surface area contributed by atoms with Crippen molar-refractivity contribution in [2.24, 2.45) is 5.41 Å². The number of carboxylic acids is 1. The number of alkyl halides is 2. The van der Waals surface area contributed by atoms with Crippen LogP contribution in [0.2, 0.25) is 0 Å². The number of hydrogen-bond acceptors (Lipinski definition) is 2. The highest BCUT2D eigenvalue weighted by molar-refractivity contribution is 5.82. The van der Waals surface area contributed by atoms with Crippen molar-refractivity contribution in [3.05, 3.63) is 36.0 Å². The molecule has 4 nitrogen and oxygen atoms in total. The predicted molar refractivity (Wildman–Crippen MR) is 83.5 cm³/mol. The van der Waals surface area contributed by atoms with E-state index in [-0.39, 0.29) is 12.8 Å². The molecule has 0 radical (unpaired) electrons. The third-order valence-electron chi connectivity index (χ3n) is 4.88. The van der Waals surface area contributed by atoms with Gasteiger partial charge in [-0.25, -0.2) is 8.78 Å². The Morgan fingerprint density at radius 1 is 1.30 bits per heavy atom. The van der Waals surface area contributed by atoms with Gasteiger partial charge >= 0.3 is 5.97 Å². The molecule has 0 amide bonds. The molecule has 3 rings (SSSR count). The maximum atomic E-state index is 12.7. The molecule has 1 fully saturated rings. The Hall–Kier alpha value is -1.95. The van der Waals surface area contributed by atoms with E-state index in [2.05, 4.69) is 9.88 Å². The summed E-state index contributed by atoms with van der Waals surface area (Å²) < 4.78 is 25.5. The van der Waals surface area contributed by atoms with Crippen LogP contribution in [0.15, 0.2) is 30.5 Å². The highest BCUT2D eigenvalue weighted by Crippen LogP contribution is 2.38. The molecular weight excluding hydrogens is 302 g/mol. The van der Waals surface area contributed by atoms with Crippen molar-refractivity contribution in [3.63, 3.8) is 0 Å². The van der Waals surface area contributed by atoms with Gasteiger partial charge in [0.2, 0.25) is 6.43 Å². The molecule has 1 aromatic heterocycles. The normalized spacial score (nSPS) is 18.6. The van der Waals surface area contributed by atoms with E-state index in [9.17, 15) is 18.7 Å². The second kappa shape index (κ2) is 6.28. The van der Waals surface area contributed by atoms with E-state index in [4.69, 9.17) is 0 Å². The number of carbonyl (C=O) groups is 1. The first kappa shape index (κ1) is 15.9. The predicted octanol–water partition coefficient (Wildman–Crippen LogP) is 3.49. The average Bonchev–Trinajstić information content (AvgIpc) is 2.98. The lowest BCUT2D eigenvalue weighted by molar-refractivity contribution is -0.155. The maximum absolute atomic E-state index is 12.7. The van der Waals surface area contributed by atoms with E-state index in [0.717, 1.165) is 16.5 Å². The zero-order valence-electron chi connectivity index (χ0n) is 12.8. The van der Waals surface area contributed by atoms with Gasteiger partial charge < -0.3 is 10.1 Å². The molecule has 0 aliphatic carbocycles. The molecule has 0 bridgehead atoms. The lowest BCUT2D eigenvalue weighted by atomic mass is 9.75. The largest absolute Gasteiger partial charge is 0.481 e. The molecule has 1 saturated heterocycles. The van der Waals surface area contributed by atoms with Gasteiger partial charge in [-0.2, -0.15) is 0 Å². The third-order valence-corrected chi connectivity index (χ3v) is 4.88. The number of fused-ring (bicyclic) bond motifs is 1. The van der Waals surface area contributed by atoms with Gasteiger partial charge in [-0.1, -0.05) is 18.2 Å². The lowest BCUT2D eigenvalue weighted by Gasteiger charge is -2.38. The van der Waals surface area contributed by atoms with Crippen LogP contribution in [0.3, 0.4) is 0 Å². The Kier molecular flexibility index (Phi) is 4.35. The standard InChI is InChI=1S/C17H20F2N2O2/c18-14(19)10-17(16(22)23)5-8-21(9-6-17)11-13-3-1-2-12-4-7-20-15(12)13/h1-4,7,14,20H,5-6,8-11H2,(H,22,23). The SMILES string of the molecule is O=C(O)C1(CC(F)F)CCN(Cc2cccc3cc[nH]c23)CC1. The van der Waals surface area contributed by atoms with Crippen molar-refractivity contribution in [1.82, 2.24) is 9.88 Å². The van der Waals surface area contributed by atoms with Crippen molar-refractivity contribution in [1.29, 1.82) is 0 Å². The minimum Gasteiger partial charge on any atom is -0.481 e. The number of nitrogens with one attached hydrogen (secondary N) is 1. The highest BCUT2D eigenvalue weighted by atomic mass is 19.3. The van der Waals surface area contributed by atoms with E-state index < -0.39 is 24.2 Å². The number of para-hydroxylation sites is 1. The first-order valence-corrected chi connectivity index (χ1v) is 7.79. The molecule has 0 unspecified atom stereocenters. The lowest BCUT2D eigenvalue weighted by Crippen LogP contribution is -2.45. The molecule has 6 heteroatoms. The summed E-state index contributed by atoms with van der Waals surface area (Å²) in [7, 11) is 0. The first-order chi connectivity index (χ1) is 11.0. The zero-order chi connectivity index (χ0) is 16.4. The Morgan fingerprint density at radius 3 is 2.70 bits per heavy atom. The van der Waals surface area contributed by atoms with Crippen LogP contribution < -0.4 is 0 Å². The van der Waals surface area contributed by atoms with E-state index in [1.165, 1.54) is 0 Å². The molecule has 23 heavy (non-hydrogen) atoms. The highest BCUT2D eigenvalue weighted by Gasteiger charge is 2.43. The molecule has 1 aliphatic heterocycles. The average molecular weight is 322 g/mol. The Labute approximate surface area is 133 Å². The van der Waals surface area contributed by atoms with Gasteiger partial charge in [0, 0.05) is 24.7 Å². The minimum absolute atomic E-state index is 0.271. The summed E-state index contributed by atoms with van der Waals surface area (Å²) in [5.41, 5.74) is 0.947. The van der Waals surface area contributed by atoms with Crippen LogP contribution in [0, 0.1) is 5.41 Å². The number of aliphatic carboxylic acids is 1. The van der Waals surface area contributed by atoms with Gasteiger partial charge in [-0.05, 0) is 42.9 Å². The van der Waals surface area contributed by atoms with E-state index in [1.807, 2.05) is 30.5 Å². The minimum atomic E-state index is -2.58. The molecular formula is C17H20F2N2O2. The summed E-state index contributed by atoms with van der Waals surface area (Å²) in [6, 6.07) is 8.07. The van der Waals surface area contributed by atoms with Crippen LogP contribution >= 0.6 is 0 Å². The monoisotopic (exact) mass is 322 g/mol. The summed E-state index contributed by atoms with van der Waals surface area (Å²) in [4.78, 5) is 16.8. The zero-order valence-corrected chi connectivity index (χ0v) is 12.8. The maximum Gasteiger partial charge on any atom is 0.309 e. The number of rotatable bonds is 5. The number of piperidine rings is 1. The fourth-order valence-corrected chi connectivity index (χ4v) is 3.46. The fraction of sp³-hybridized carbons (Fsp3) is 0.471. The van der Waals surface area contributed by atoms with Crippen molar-refractivity contribution in [2.45, 2.75) is 32.2 Å². The van der Waals surface area contributed by atoms with Crippen molar-refractivity contribution in [3.8, 4) is 0 Å².